The van der Waals surface area contributed by atoms with Crippen LogP contribution in [-0.4, -0.2) is 16.6 Å². The van der Waals surface area contributed by atoms with Crippen molar-refractivity contribution in [3.05, 3.63) is 28.7 Å². The molecule has 0 atom stereocenters. The Bertz CT molecular complexity index is 639. The molecule has 6 nitrogen and oxygen atoms in total. The van der Waals surface area contributed by atoms with Gasteiger partial charge in [-0.15, -0.1) is 0 Å². The number of rotatable bonds is 3. The van der Waals surface area contributed by atoms with Crippen LogP contribution in [0.1, 0.15) is 13.8 Å². The van der Waals surface area contributed by atoms with Gasteiger partial charge in [-0.25, -0.2) is 4.79 Å². The quantitative estimate of drug-likeness (QED) is 0.651. The number of nitrogens with zero attached hydrogens (tertiary/aromatic N) is 1. The van der Waals surface area contributed by atoms with Crippen LogP contribution < -0.4 is 11.5 Å². The molecule has 0 aliphatic rings. The lowest BCUT2D eigenvalue weighted by atomic mass is 10.3. The maximum Gasteiger partial charge on any atom is 0.420 e. The zero-order valence-corrected chi connectivity index (χ0v) is 10.2. The standard InChI is InChI=1S/C12H14N2O4/c1-7(2)17-11(15)6-14-9-4-3-8(13)5-10(9)18-12(14)16/h3-5,7H,6,13H2,1-2H3. The number of fused-ring (bicyclic) bond motifs is 1. The van der Waals surface area contributed by atoms with Gasteiger partial charge in [0.05, 0.1) is 11.6 Å². The summed E-state index contributed by atoms with van der Waals surface area (Å²) in [4.78, 5) is 23.2. The fourth-order valence-electron chi connectivity index (χ4n) is 1.66. The Labute approximate surface area is 103 Å². The van der Waals surface area contributed by atoms with Gasteiger partial charge in [0, 0.05) is 11.8 Å². The number of esters is 1. The number of nitrogens with two attached hydrogens (primary N) is 1. The molecule has 2 rings (SSSR count). The number of oxazole rings is 1. The highest BCUT2D eigenvalue weighted by Crippen LogP contribution is 2.16. The normalized spacial score (nSPS) is 11.1. The summed E-state index contributed by atoms with van der Waals surface area (Å²) in [6.07, 6.45) is -0.220. The topological polar surface area (TPSA) is 87.5 Å². The molecule has 2 aromatic rings. The van der Waals surface area contributed by atoms with E-state index >= 15 is 0 Å². The minimum absolute atomic E-state index is 0.173. The van der Waals surface area contributed by atoms with Crippen molar-refractivity contribution in [3.8, 4) is 0 Å². The first-order valence-corrected chi connectivity index (χ1v) is 5.55. The summed E-state index contributed by atoms with van der Waals surface area (Å²) in [5.41, 5.74) is 6.96. The van der Waals surface area contributed by atoms with E-state index in [1.165, 1.54) is 4.57 Å². The summed E-state index contributed by atoms with van der Waals surface area (Å²) in [6.45, 7) is 3.32. The monoisotopic (exact) mass is 250 g/mol. The number of ether oxygens (including phenoxy) is 1. The number of hydrogen-bond donors (Lipinski definition) is 1. The van der Waals surface area contributed by atoms with Gasteiger partial charge >= 0.3 is 11.7 Å². The summed E-state index contributed by atoms with van der Waals surface area (Å²) >= 11 is 0. The molecule has 2 N–H and O–H groups in total. The molecule has 0 bridgehead atoms. The minimum Gasteiger partial charge on any atom is -0.462 e. The molecular weight excluding hydrogens is 236 g/mol. The fraction of sp³-hybridized carbons (Fsp3) is 0.333. The molecule has 0 fully saturated rings. The van der Waals surface area contributed by atoms with Gasteiger partial charge in [-0.3, -0.25) is 9.36 Å². The van der Waals surface area contributed by atoms with E-state index in [2.05, 4.69) is 0 Å². The van der Waals surface area contributed by atoms with Gasteiger partial charge in [0.15, 0.2) is 5.58 Å². The maximum absolute atomic E-state index is 11.6. The third-order valence-electron chi connectivity index (χ3n) is 2.35. The average Bonchev–Trinajstić information content (AvgIpc) is 2.53. The molecule has 0 saturated carbocycles. The summed E-state index contributed by atoms with van der Waals surface area (Å²) in [6, 6.07) is 4.82. The Kier molecular flexibility index (Phi) is 3.10. The summed E-state index contributed by atoms with van der Waals surface area (Å²) in [5, 5.41) is 0. The maximum atomic E-state index is 11.6. The van der Waals surface area contributed by atoms with Crippen LogP contribution >= 0.6 is 0 Å². The lowest BCUT2D eigenvalue weighted by Crippen LogP contribution is -2.23. The smallest absolute Gasteiger partial charge is 0.420 e. The van der Waals surface area contributed by atoms with Crippen molar-refractivity contribution in [3.63, 3.8) is 0 Å². The van der Waals surface area contributed by atoms with Crippen molar-refractivity contribution in [1.82, 2.24) is 4.57 Å². The summed E-state index contributed by atoms with van der Waals surface area (Å²) in [5.74, 6) is -1.08. The fourth-order valence-corrected chi connectivity index (χ4v) is 1.66. The molecule has 0 spiro atoms. The van der Waals surface area contributed by atoms with Gasteiger partial charge in [0.2, 0.25) is 0 Å². The molecule has 1 aromatic heterocycles. The predicted octanol–water partition coefficient (Wildman–Crippen LogP) is 1.13. The number of carbonyl (C=O) groups is 1. The number of anilines is 1. The average molecular weight is 250 g/mol. The van der Waals surface area contributed by atoms with Crippen molar-refractivity contribution in [2.45, 2.75) is 26.5 Å². The molecule has 18 heavy (non-hydrogen) atoms. The van der Waals surface area contributed by atoms with Gasteiger partial charge < -0.3 is 14.9 Å². The van der Waals surface area contributed by atoms with Gasteiger partial charge in [0.1, 0.15) is 6.54 Å². The van der Waals surface area contributed by atoms with Crippen LogP contribution in [0.5, 0.6) is 0 Å². The number of aromatic nitrogens is 1. The van der Waals surface area contributed by atoms with E-state index < -0.39 is 11.7 Å². The number of nitrogen functional groups attached to an aromatic ring is 1. The first-order valence-electron chi connectivity index (χ1n) is 5.55. The number of hydrogen-bond acceptors (Lipinski definition) is 5. The second-order valence-electron chi connectivity index (χ2n) is 4.22. The molecule has 6 heteroatoms. The Balaban J connectivity index is 2.36. The first kappa shape index (κ1) is 12.2. The molecule has 0 saturated heterocycles. The Morgan fingerprint density at radius 3 is 2.89 bits per heavy atom. The van der Waals surface area contributed by atoms with Crippen molar-refractivity contribution in [2.75, 3.05) is 5.73 Å². The second kappa shape index (κ2) is 4.56. The van der Waals surface area contributed by atoms with E-state index in [0.717, 1.165) is 0 Å². The van der Waals surface area contributed by atoms with Gasteiger partial charge in [0.25, 0.3) is 0 Å². The van der Waals surface area contributed by atoms with E-state index in [1.807, 2.05) is 0 Å². The van der Waals surface area contributed by atoms with E-state index in [1.54, 1.807) is 32.0 Å². The summed E-state index contributed by atoms with van der Waals surface area (Å²) in [7, 11) is 0. The largest absolute Gasteiger partial charge is 0.462 e. The van der Waals surface area contributed by atoms with Crippen molar-refractivity contribution in [1.29, 1.82) is 0 Å². The molecule has 0 unspecified atom stereocenters. The number of benzene rings is 1. The molecule has 0 radical (unpaired) electrons. The Morgan fingerprint density at radius 2 is 2.22 bits per heavy atom. The lowest BCUT2D eigenvalue weighted by Gasteiger charge is -2.07. The molecule has 0 amide bonds. The first-order chi connectivity index (χ1) is 8.47. The van der Waals surface area contributed by atoms with E-state index in [4.69, 9.17) is 14.9 Å². The molecule has 96 valence electrons. The van der Waals surface area contributed by atoms with Crippen LogP contribution in [-0.2, 0) is 16.1 Å². The third kappa shape index (κ3) is 2.37. The van der Waals surface area contributed by atoms with Gasteiger partial charge in [-0.05, 0) is 26.0 Å². The number of carbonyl (C=O) groups excluding carboxylic acids is 1. The SMILES string of the molecule is CC(C)OC(=O)Cn1c(=O)oc2cc(N)ccc21. The van der Waals surface area contributed by atoms with Crippen LogP contribution in [0, 0.1) is 0 Å². The molecular formula is C12H14N2O4. The second-order valence-corrected chi connectivity index (χ2v) is 4.22. The molecule has 0 aliphatic carbocycles. The predicted molar refractivity (Wildman–Crippen MR) is 66.1 cm³/mol. The van der Waals surface area contributed by atoms with Gasteiger partial charge in [-0.1, -0.05) is 0 Å². The van der Waals surface area contributed by atoms with Crippen molar-refractivity contribution < 1.29 is 13.9 Å². The minimum atomic E-state index is -0.601. The Morgan fingerprint density at radius 1 is 1.50 bits per heavy atom. The highest BCUT2D eigenvalue weighted by molar-refractivity contribution is 5.79. The van der Waals surface area contributed by atoms with E-state index in [9.17, 15) is 9.59 Å². The van der Waals surface area contributed by atoms with Crippen molar-refractivity contribution >= 4 is 22.8 Å². The molecule has 0 aliphatic heterocycles. The van der Waals surface area contributed by atoms with Crippen LogP contribution in [0.25, 0.3) is 11.1 Å². The Hall–Kier alpha value is -2.24. The van der Waals surface area contributed by atoms with Crippen LogP contribution in [0.4, 0.5) is 5.69 Å². The van der Waals surface area contributed by atoms with Crippen LogP contribution in [0.15, 0.2) is 27.4 Å². The highest BCUT2D eigenvalue weighted by atomic mass is 16.5. The molecule has 1 aromatic carbocycles. The van der Waals surface area contributed by atoms with E-state index in [-0.39, 0.29) is 12.6 Å². The van der Waals surface area contributed by atoms with Gasteiger partial charge in [-0.2, -0.15) is 0 Å². The zero-order valence-electron chi connectivity index (χ0n) is 10.2. The summed E-state index contributed by atoms with van der Waals surface area (Å²) < 4.78 is 11.2. The van der Waals surface area contributed by atoms with E-state index in [0.29, 0.717) is 16.8 Å². The zero-order chi connectivity index (χ0) is 13.3. The van der Waals surface area contributed by atoms with Crippen molar-refractivity contribution in [2.24, 2.45) is 0 Å². The van der Waals surface area contributed by atoms with Crippen LogP contribution in [0.2, 0.25) is 0 Å². The molecule has 1 heterocycles. The third-order valence-corrected chi connectivity index (χ3v) is 2.35. The van der Waals surface area contributed by atoms with Crippen LogP contribution in [0.3, 0.4) is 0 Å². The lowest BCUT2D eigenvalue weighted by molar-refractivity contribution is -0.148. The highest BCUT2D eigenvalue weighted by Gasteiger charge is 2.14.